The topological polar surface area (TPSA) is 56.0 Å². The van der Waals surface area contributed by atoms with Gasteiger partial charge >= 0.3 is 0 Å². The lowest BCUT2D eigenvalue weighted by molar-refractivity contribution is -0.385. The van der Waals surface area contributed by atoms with Gasteiger partial charge in [0.1, 0.15) is 0 Å². The molecule has 0 bridgehead atoms. The quantitative estimate of drug-likeness (QED) is 0.310. The van der Waals surface area contributed by atoms with E-state index in [2.05, 4.69) is 4.98 Å². The summed E-state index contributed by atoms with van der Waals surface area (Å²) in [6.45, 7) is 0. The normalized spacial score (nSPS) is 9.83. The molecule has 0 saturated carbocycles. The van der Waals surface area contributed by atoms with Crippen molar-refractivity contribution in [1.82, 2.24) is 4.98 Å². The third-order valence-corrected chi connectivity index (χ3v) is 1.45. The van der Waals surface area contributed by atoms with E-state index >= 15 is 0 Å². The zero-order valence-corrected chi connectivity index (χ0v) is 6.58. The van der Waals surface area contributed by atoms with Gasteiger partial charge in [0, 0.05) is 6.07 Å². The molecule has 12 heavy (non-hydrogen) atoms. The molecule has 0 aliphatic heterocycles. The largest absolute Gasteiger partial charge is 0.275 e. The van der Waals surface area contributed by atoms with Crippen LogP contribution in [0.3, 0.4) is 0 Å². The van der Waals surface area contributed by atoms with Crippen LogP contribution >= 0.6 is 11.6 Å². The lowest BCUT2D eigenvalue weighted by atomic mass is 10.3. The van der Waals surface area contributed by atoms with E-state index in [1.807, 2.05) is 0 Å². The fourth-order valence-corrected chi connectivity index (χ4v) is 0.847. The van der Waals surface area contributed by atoms with Crippen molar-refractivity contribution in [2.75, 3.05) is 0 Å². The van der Waals surface area contributed by atoms with Gasteiger partial charge in [0.15, 0.2) is 0 Å². The summed E-state index contributed by atoms with van der Waals surface area (Å²) in [5.74, 6) is -0.932. The van der Waals surface area contributed by atoms with Crippen LogP contribution in [0.1, 0.15) is 5.69 Å². The molecule has 0 amide bonds. The van der Waals surface area contributed by atoms with E-state index in [1.165, 1.54) is 0 Å². The molecule has 1 aromatic heterocycles. The number of halogens is 2. The van der Waals surface area contributed by atoms with Crippen molar-refractivity contribution in [2.45, 2.75) is 5.88 Å². The predicted molar refractivity (Wildman–Crippen MR) is 40.4 cm³/mol. The van der Waals surface area contributed by atoms with E-state index in [0.29, 0.717) is 0 Å². The summed E-state index contributed by atoms with van der Waals surface area (Å²) in [6, 6.07) is 1.88. The van der Waals surface area contributed by atoms with Gasteiger partial charge in [-0.3, -0.25) is 10.1 Å². The number of pyridine rings is 1. The Morgan fingerprint density at radius 2 is 2.33 bits per heavy atom. The highest BCUT2D eigenvalue weighted by atomic mass is 35.5. The second-order valence-electron chi connectivity index (χ2n) is 2.03. The average molecular weight is 191 g/mol. The van der Waals surface area contributed by atoms with Crippen LogP contribution in [-0.2, 0) is 5.88 Å². The first-order valence-electron chi connectivity index (χ1n) is 3.00. The van der Waals surface area contributed by atoms with Gasteiger partial charge in [0.25, 0.3) is 5.69 Å². The van der Waals surface area contributed by atoms with Gasteiger partial charge in [0.05, 0.1) is 22.6 Å². The van der Waals surface area contributed by atoms with Crippen LogP contribution in [0.25, 0.3) is 0 Å². The number of hydrogen-bond donors (Lipinski definition) is 0. The Bertz CT molecular complexity index is 318. The summed E-state index contributed by atoms with van der Waals surface area (Å²) in [5, 5.41) is 10.2. The Hall–Kier alpha value is -1.23. The summed E-state index contributed by atoms with van der Waals surface area (Å²) in [5.41, 5.74) is -0.179. The minimum Gasteiger partial charge on any atom is -0.258 e. The van der Waals surface area contributed by atoms with E-state index < -0.39 is 10.9 Å². The lowest BCUT2D eigenvalue weighted by Gasteiger charge is -1.94. The molecular formula is C6H4ClFN2O2. The molecule has 0 N–H and O–H groups in total. The maximum atomic E-state index is 12.5. The van der Waals surface area contributed by atoms with Crippen molar-refractivity contribution < 1.29 is 9.31 Å². The summed E-state index contributed by atoms with van der Waals surface area (Å²) in [6.07, 6.45) is 0. The van der Waals surface area contributed by atoms with Gasteiger partial charge in [0.2, 0.25) is 5.95 Å². The molecule has 0 aliphatic carbocycles. The number of rotatable bonds is 2. The number of aromatic nitrogens is 1. The molecule has 1 rings (SSSR count). The van der Waals surface area contributed by atoms with Crippen LogP contribution < -0.4 is 0 Å². The van der Waals surface area contributed by atoms with E-state index in [-0.39, 0.29) is 17.3 Å². The lowest BCUT2D eigenvalue weighted by Crippen LogP contribution is -1.95. The summed E-state index contributed by atoms with van der Waals surface area (Å²) < 4.78 is 12.5. The van der Waals surface area contributed by atoms with E-state index in [9.17, 15) is 14.5 Å². The molecule has 0 atom stereocenters. The van der Waals surface area contributed by atoms with Crippen molar-refractivity contribution in [1.29, 1.82) is 0 Å². The van der Waals surface area contributed by atoms with Crippen molar-refractivity contribution in [3.05, 3.63) is 33.9 Å². The zero-order valence-electron chi connectivity index (χ0n) is 5.83. The minimum atomic E-state index is -0.889. The Labute approximate surface area is 72.1 Å². The predicted octanol–water partition coefficient (Wildman–Crippen LogP) is 1.87. The average Bonchev–Trinajstić information content (AvgIpc) is 2.03. The summed E-state index contributed by atoms with van der Waals surface area (Å²) >= 11 is 5.32. The van der Waals surface area contributed by atoms with Gasteiger partial charge in [-0.1, -0.05) is 0 Å². The first-order valence-corrected chi connectivity index (χ1v) is 3.53. The second kappa shape index (κ2) is 3.44. The monoisotopic (exact) mass is 190 g/mol. The van der Waals surface area contributed by atoms with Gasteiger partial charge in [-0.15, -0.1) is 11.6 Å². The number of nitrogens with zero attached hydrogens (tertiary/aromatic N) is 2. The van der Waals surface area contributed by atoms with Gasteiger partial charge < -0.3 is 0 Å². The molecule has 0 aliphatic rings. The molecule has 1 aromatic rings. The van der Waals surface area contributed by atoms with Crippen molar-refractivity contribution in [3.8, 4) is 0 Å². The third kappa shape index (κ3) is 1.88. The van der Waals surface area contributed by atoms with Crippen LogP contribution in [0.15, 0.2) is 12.1 Å². The Kier molecular flexibility index (Phi) is 2.54. The molecule has 1 heterocycles. The Morgan fingerprint density at radius 3 is 2.83 bits per heavy atom. The van der Waals surface area contributed by atoms with Gasteiger partial charge in [-0.05, 0) is 0 Å². The highest BCUT2D eigenvalue weighted by molar-refractivity contribution is 6.16. The standard InChI is InChI=1S/C6H4ClFN2O2/c7-3-4-1-5(10(11)12)2-6(8)9-4/h1-2H,3H2. The first kappa shape index (κ1) is 8.86. The molecule has 0 aromatic carbocycles. The SMILES string of the molecule is O=[N+]([O-])c1cc(F)nc(CCl)c1. The van der Waals surface area contributed by atoms with Crippen molar-refractivity contribution >= 4 is 17.3 Å². The Balaban J connectivity index is 3.15. The number of hydrogen-bond acceptors (Lipinski definition) is 3. The Morgan fingerprint density at radius 1 is 1.67 bits per heavy atom. The van der Waals surface area contributed by atoms with Crippen LogP contribution in [0.4, 0.5) is 10.1 Å². The zero-order chi connectivity index (χ0) is 9.14. The molecule has 6 heteroatoms. The van der Waals surface area contributed by atoms with Crippen molar-refractivity contribution in [3.63, 3.8) is 0 Å². The third-order valence-electron chi connectivity index (χ3n) is 1.18. The highest BCUT2D eigenvalue weighted by Gasteiger charge is 2.09. The fraction of sp³-hybridized carbons (Fsp3) is 0.167. The number of alkyl halides is 1. The summed E-state index contributed by atoms with van der Waals surface area (Å²) in [7, 11) is 0. The minimum absolute atomic E-state index is 0.0431. The number of nitro groups is 1. The van der Waals surface area contributed by atoms with Crippen LogP contribution in [0.5, 0.6) is 0 Å². The van der Waals surface area contributed by atoms with Crippen molar-refractivity contribution in [2.24, 2.45) is 0 Å². The van der Waals surface area contributed by atoms with Crippen LogP contribution in [0.2, 0.25) is 0 Å². The van der Waals surface area contributed by atoms with Gasteiger partial charge in [-0.25, -0.2) is 4.98 Å². The molecule has 0 radical (unpaired) electrons. The molecule has 4 nitrogen and oxygen atoms in total. The molecule has 0 unspecified atom stereocenters. The highest BCUT2D eigenvalue weighted by Crippen LogP contribution is 2.14. The smallest absolute Gasteiger partial charge is 0.258 e. The molecular weight excluding hydrogens is 187 g/mol. The second-order valence-corrected chi connectivity index (χ2v) is 2.30. The molecule has 0 fully saturated rings. The molecule has 64 valence electrons. The maximum Gasteiger partial charge on any atom is 0.275 e. The van der Waals surface area contributed by atoms with E-state index in [4.69, 9.17) is 11.6 Å². The molecule has 0 saturated heterocycles. The summed E-state index contributed by atoms with van der Waals surface area (Å²) in [4.78, 5) is 12.8. The van der Waals surface area contributed by atoms with Crippen LogP contribution in [-0.4, -0.2) is 9.91 Å². The van der Waals surface area contributed by atoms with E-state index in [0.717, 1.165) is 12.1 Å². The first-order chi connectivity index (χ1) is 5.63. The fourth-order valence-electron chi connectivity index (χ4n) is 0.710. The maximum absolute atomic E-state index is 12.5. The van der Waals surface area contributed by atoms with Gasteiger partial charge in [-0.2, -0.15) is 4.39 Å². The van der Waals surface area contributed by atoms with E-state index in [1.54, 1.807) is 0 Å². The van der Waals surface area contributed by atoms with Crippen LogP contribution in [0, 0.1) is 16.1 Å². The molecule has 0 spiro atoms.